The average Bonchev–Trinajstić information content (AvgIpc) is 3.04. The predicted octanol–water partition coefficient (Wildman–Crippen LogP) is 4.46. The molecule has 0 aliphatic carbocycles. The molecule has 0 spiro atoms. The van der Waals surface area contributed by atoms with E-state index in [1.165, 1.54) is 37.1 Å². The van der Waals surface area contributed by atoms with Crippen LogP contribution in [-0.2, 0) is 6.54 Å². The SMILES string of the molecule is Cc1cc(C)c(NC(=O)c2ccc(CN3CCCC3)cc2)c(C)c1. The highest BCUT2D eigenvalue weighted by Gasteiger charge is 2.13. The highest BCUT2D eigenvalue weighted by atomic mass is 16.1. The van der Waals surface area contributed by atoms with E-state index in [1.54, 1.807) is 0 Å². The molecule has 3 heteroatoms. The fourth-order valence-electron chi connectivity index (χ4n) is 3.52. The number of anilines is 1. The second kappa shape index (κ2) is 7.18. The van der Waals surface area contributed by atoms with E-state index in [0.29, 0.717) is 5.56 Å². The van der Waals surface area contributed by atoms with Crippen molar-refractivity contribution < 1.29 is 4.79 Å². The van der Waals surface area contributed by atoms with Gasteiger partial charge in [-0.3, -0.25) is 9.69 Å². The quantitative estimate of drug-likeness (QED) is 0.901. The first kappa shape index (κ1) is 16.7. The molecule has 0 aromatic heterocycles. The van der Waals surface area contributed by atoms with E-state index >= 15 is 0 Å². The predicted molar refractivity (Wildman–Crippen MR) is 99.6 cm³/mol. The van der Waals surface area contributed by atoms with Gasteiger partial charge in [0.2, 0.25) is 0 Å². The highest BCUT2D eigenvalue weighted by Crippen LogP contribution is 2.23. The fourth-order valence-corrected chi connectivity index (χ4v) is 3.52. The third kappa shape index (κ3) is 3.85. The molecule has 1 amide bonds. The number of likely N-dealkylation sites (tertiary alicyclic amines) is 1. The first-order chi connectivity index (χ1) is 11.5. The minimum absolute atomic E-state index is 0.0437. The van der Waals surface area contributed by atoms with Crippen LogP contribution in [0.2, 0.25) is 0 Å². The lowest BCUT2D eigenvalue weighted by molar-refractivity contribution is 0.102. The summed E-state index contributed by atoms with van der Waals surface area (Å²) in [7, 11) is 0. The topological polar surface area (TPSA) is 32.3 Å². The molecular weight excluding hydrogens is 296 g/mol. The number of nitrogens with zero attached hydrogens (tertiary/aromatic N) is 1. The molecule has 1 heterocycles. The molecule has 0 unspecified atom stereocenters. The normalized spacial score (nSPS) is 14.8. The molecule has 0 saturated carbocycles. The van der Waals surface area contributed by atoms with E-state index in [2.05, 4.69) is 41.4 Å². The molecule has 0 radical (unpaired) electrons. The van der Waals surface area contributed by atoms with Crippen LogP contribution in [0.1, 0.15) is 45.5 Å². The molecule has 0 bridgehead atoms. The van der Waals surface area contributed by atoms with Gasteiger partial charge in [0.25, 0.3) is 5.91 Å². The summed E-state index contributed by atoms with van der Waals surface area (Å²) in [6.07, 6.45) is 2.60. The van der Waals surface area contributed by atoms with Gasteiger partial charge in [0, 0.05) is 17.8 Å². The Balaban J connectivity index is 1.69. The standard InChI is InChI=1S/C21H26N2O/c1-15-12-16(2)20(17(3)13-15)22-21(24)19-8-6-18(7-9-19)14-23-10-4-5-11-23/h6-9,12-13H,4-5,10-11,14H2,1-3H3,(H,22,24). The third-order valence-corrected chi connectivity index (χ3v) is 4.74. The van der Waals surface area contributed by atoms with Crippen LogP contribution in [0.5, 0.6) is 0 Å². The summed E-state index contributed by atoms with van der Waals surface area (Å²) < 4.78 is 0. The largest absolute Gasteiger partial charge is 0.322 e. The first-order valence-electron chi connectivity index (χ1n) is 8.73. The van der Waals surface area contributed by atoms with E-state index in [1.807, 2.05) is 26.0 Å². The number of rotatable bonds is 4. The van der Waals surface area contributed by atoms with E-state index < -0.39 is 0 Å². The van der Waals surface area contributed by atoms with Crippen molar-refractivity contribution in [3.05, 3.63) is 64.2 Å². The Morgan fingerprint density at radius 1 is 1.00 bits per heavy atom. The number of hydrogen-bond donors (Lipinski definition) is 1. The fraction of sp³-hybridized carbons (Fsp3) is 0.381. The van der Waals surface area contributed by atoms with Crippen LogP contribution >= 0.6 is 0 Å². The Bertz CT molecular complexity index is 705. The maximum atomic E-state index is 12.5. The Morgan fingerprint density at radius 2 is 1.58 bits per heavy atom. The van der Waals surface area contributed by atoms with E-state index in [9.17, 15) is 4.79 Å². The molecule has 1 fully saturated rings. The van der Waals surface area contributed by atoms with E-state index in [0.717, 1.165) is 23.4 Å². The van der Waals surface area contributed by atoms with Gasteiger partial charge in [0.15, 0.2) is 0 Å². The van der Waals surface area contributed by atoms with Crippen LogP contribution in [0.3, 0.4) is 0 Å². The summed E-state index contributed by atoms with van der Waals surface area (Å²) in [6.45, 7) is 9.51. The van der Waals surface area contributed by atoms with Gasteiger partial charge in [-0.1, -0.05) is 29.8 Å². The van der Waals surface area contributed by atoms with Gasteiger partial charge in [-0.15, -0.1) is 0 Å². The van der Waals surface area contributed by atoms with Gasteiger partial charge in [0.1, 0.15) is 0 Å². The van der Waals surface area contributed by atoms with Crippen LogP contribution in [-0.4, -0.2) is 23.9 Å². The van der Waals surface area contributed by atoms with Gasteiger partial charge < -0.3 is 5.32 Å². The number of aryl methyl sites for hydroxylation is 3. The van der Waals surface area contributed by atoms with Crippen LogP contribution in [0.25, 0.3) is 0 Å². The number of carbonyl (C=O) groups excluding carboxylic acids is 1. The molecule has 3 nitrogen and oxygen atoms in total. The lowest BCUT2D eigenvalue weighted by atomic mass is 10.0. The highest BCUT2D eigenvalue weighted by molar-refractivity contribution is 6.05. The van der Waals surface area contributed by atoms with E-state index in [-0.39, 0.29) is 5.91 Å². The Kier molecular flexibility index (Phi) is 5.00. The summed E-state index contributed by atoms with van der Waals surface area (Å²) in [5.74, 6) is -0.0437. The first-order valence-corrected chi connectivity index (χ1v) is 8.73. The Labute approximate surface area is 144 Å². The molecule has 126 valence electrons. The molecule has 3 rings (SSSR count). The molecule has 0 atom stereocenters. The zero-order valence-corrected chi connectivity index (χ0v) is 14.9. The van der Waals surface area contributed by atoms with Crippen molar-refractivity contribution in [3.63, 3.8) is 0 Å². The number of benzene rings is 2. The summed E-state index contributed by atoms with van der Waals surface area (Å²) >= 11 is 0. The van der Waals surface area contributed by atoms with E-state index in [4.69, 9.17) is 0 Å². The van der Waals surface area contributed by atoms with Gasteiger partial charge in [-0.25, -0.2) is 0 Å². The molecule has 1 saturated heterocycles. The number of hydrogen-bond acceptors (Lipinski definition) is 2. The van der Waals surface area contributed by atoms with Crippen molar-refractivity contribution in [3.8, 4) is 0 Å². The molecule has 2 aromatic carbocycles. The third-order valence-electron chi connectivity index (χ3n) is 4.74. The molecule has 1 aliphatic rings. The summed E-state index contributed by atoms with van der Waals surface area (Å²) in [5.41, 5.74) is 6.33. The van der Waals surface area contributed by atoms with Crippen molar-refractivity contribution in [1.82, 2.24) is 4.90 Å². The lowest BCUT2D eigenvalue weighted by Gasteiger charge is -2.15. The molecule has 2 aromatic rings. The summed E-state index contributed by atoms with van der Waals surface area (Å²) in [5, 5.41) is 3.07. The average molecular weight is 322 g/mol. The minimum atomic E-state index is -0.0437. The monoisotopic (exact) mass is 322 g/mol. The van der Waals surface area contributed by atoms with Crippen molar-refractivity contribution in [2.75, 3.05) is 18.4 Å². The zero-order valence-electron chi connectivity index (χ0n) is 14.9. The smallest absolute Gasteiger partial charge is 0.255 e. The maximum absolute atomic E-state index is 12.5. The van der Waals surface area contributed by atoms with Crippen molar-refractivity contribution in [2.24, 2.45) is 0 Å². The maximum Gasteiger partial charge on any atom is 0.255 e. The van der Waals surface area contributed by atoms with Crippen molar-refractivity contribution in [1.29, 1.82) is 0 Å². The van der Waals surface area contributed by atoms with Crippen molar-refractivity contribution >= 4 is 11.6 Å². The lowest BCUT2D eigenvalue weighted by Crippen LogP contribution is -2.18. The second-order valence-electron chi connectivity index (χ2n) is 6.91. The van der Waals surface area contributed by atoms with Gasteiger partial charge in [-0.2, -0.15) is 0 Å². The number of nitrogens with one attached hydrogen (secondary N) is 1. The molecule has 1 aliphatic heterocycles. The van der Waals surface area contributed by atoms with Crippen LogP contribution in [0.4, 0.5) is 5.69 Å². The minimum Gasteiger partial charge on any atom is -0.322 e. The van der Waals surface area contributed by atoms with Crippen LogP contribution in [0.15, 0.2) is 36.4 Å². The number of amides is 1. The molecular formula is C21H26N2O. The summed E-state index contributed by atoms with van der Waals surface area (Å²) in [6, 6.07) is 12.2. The second-order valence-corrected chi connectivity index (χ2v) is 6.91. The number of carbonyl (C=O) groups is 1. The van der Waals surface area contributed by atoms with Crippen molar-refractivity contribution in [2.45, 2.75) is 40.2 Å². The van der Waals surface area contributed by atoms with Crippen LogP contribution < -0.4 is 5.32 Å². The summed E-state index contributed by atoms with van der Waals surface area (Å²) in [4.78, 5) is 15.0. The zero-order chi connectivity index (χ0) is 17.1. The molecule has 24 heavy (non-hydrogen) atoms. The van der Waals surface area contributed by atoms with Gasteiger partial charge in [0.05, 0.1) is 0 Å². The van der Waals surface area contributed by atoms with Gasteiger partial charge >= 0.3 is 0 Å². The Hall–Kier alpha value is -2.13. The van der Waals surface area contributed by atoms with Gasteiger partial charge in [-0.05, 0) is 75.5 Å². The molecule has 1 N–H and O–H groups in total. The van der Waals surface area contributed by atoms with Crippen LogP contribution in [0, 0.1) is 20.8 Å². The Morgan fingerprint density at radius 3 is 2.17 bits per heavy atom.